The van der Waals surface area contributed by atoms with Crippen molar-refractivity contribution in [3.63, 3.8) is 0 Å². The van der Waals surface area contributed by atoms with E-state index in [-0.39, 0.29) is 0 Å². The fourth-order valence-electron chi connectivity index (χ4n) is 1.69. The van der Waals surface area contributed by atoms with Crippen LogP contribution < -0.4 is 0 Å². The highest BCUT2D eigenvalue weighted by Gasteiger charge is 2.04. The summed E-state index contributed by atoms with van der Waals surface area (Å²) in [6, 6.07) is 5.65. The molecule has 0 bridgehead atoms. The number of phenols is 1. The first kappa shape index (κ1) is 10.7. The van der Waals surface area contributed by atoms with Gasteiger partial charge in [-0.25, -0.2) is 0 Å². The molecule has 4 nitrogen and oxygen atoms in total. The number of hydrogen-bond acceptors (Lipinski definition) is 3. The van der Waals surface area contributed by atoms with Gasteiger partial charge in [0.25, 0.3) is 0 Å². The zero-order chi connectivity index (χ0) is 11.5. The minimum Gasteiger partial charge on any atom is -0.508 e. The number of nitrogens with zero attached hydrogens (tertiary/aromatic N) is 3. The van der Waals surface area contributed by atoms with Crippen LogP contribution in [0.1, 0.15) is 16.8 Å². The summed E-state index contributed by atoms with van der Waals surface area (Å²) in [6.07, 6.45) is 3.48. The average Bonchev–Trinajstić information content (AvgIpc) is 2.66. The Balaban J connectivity index is 2.07. The van der Waals surface area contributed by atoms with Gasteiger partial charge in [-0.3, -0.25) is 4.68 Å². The number of benzene rings is 1. The molecule has 1 heterocycles. The first-order chi connectivity index (χ1) is 7.65. The lowest BCUT2D eigenvalue weighted by Gasteiger charge is -2.04. The molecule has 0 saturated heterocycles. The van der Waals surface area contributed by atoms with Crippen molar-refractivity contribution in [3.05, 3.63) is 41.2 Å². The molecule has 0 aliphatic rings. The topological polar surface area (TPSA) is 50.9 Å². The lowest BCUT2D eigenvalue weighted by Crippen LogP contribution is -1.93. The van der Waals surface area contributed by atoms with Crippen LogP contribution in [0.2, 0.25) is 0 Å². The van der Waals surface area contributed by atoms with Crippen LogP contribution in [0.5, 0.6) is 5.75 Å². The molecule has 0 amide bonds. The van der Waals surface area contributed by atoms with Gasteiger partial charge in [0.15, 0.2) is 0 Å². The van der Waals surface area contributed by atoms with Crippen LogP contribution in [0.25, 0.3) is 0 Å². The fraction of sp³-hybridized carbons (Fsp3) is 0.333. The Morgan fingerprint density at radius 2 is 2.12 bits per heavy atom. The van der Waals surface area contributed by atoms with E-state index in [1.807, 2.05) is 32.3 Å². The van der Waals surface area contributed by atoms with Crippen molar-refractivity contribution in [2.45, 2.75) is 19.8 Å². The van der Waals surface area contributed by atoms with Crippen LogP contribution in [0.3, 0.4) is 0 Å². The van der Waals surface area contributed by atoms with Gasteiger partial charge in [0, 0.05) is 13.2 Å². The number of aromatic nitrogens is 3. The summed E-state index contributed by atoms with van der Waals surface area (Å²) < 4.78 is 1.69. The third-order valence-corrected chi connectivity index (χ3v) is 2.54. The van der Waals surface area contributed by atoms with Gasteiger partial charge in [0.2, 0.25) is 0 Å². The van der Waals surface area contributed by atoms with Gasteiger partial charge >= 0.3 is 0 Å². The van der Waals surface area contributed by atoms with Crippen LogP contribution in [0.15, 0.2) is 24.4 Å². The molecule has 0 saturated carbocycles. The van der Waals surface area contributed by atoms with Crippen LogP contribution in [-0.2, 0) is 19.9 Å². The largest absolute Gasteiger partial charge is 0.508 e. The van der Waals surface area contributed by atoms with Crippen LogP contribution in [-0.4, -0.2) is 20.1 Å². The van der Waals surface area contributed by atoms with Crippen molar-refractivity contribution in [2.24, 2.45) is 7.05 Å². The molecule has 0 fully saturated rings. The zero-order valence-corrected chi connectivity index (χ0v) is 9.51. The Morgan fingerprint density at radius 3 is 2.81 bits per heavy atom. The highest BCUT2D eigenvalue weighted by Crippen LogP contribution is 2.19. The van der Waals surface area contributed by atoms with Crippen molar-refractivity contribution < 1.29 is 5.11 Å². The minimum atomic E-state index is 0.356. The lowest BCUT2D eigenvalue weighted by atomic mass is 10.0. The summed E-state index contributed by atoms with van der Waals surface area (Å²) in [7, 11) is 1.85. The molecule has 1 aromatic heterocycles. The first-order valence-electron chi connectivity index (χ1n) is 5.29. The number of aryl methyl sites for hydroxylation is 4. The van der Waals surface area contributed by atoms with Crippen molar-refractivity contribution in [2.75, 3.05) is 0 Å². The molecule has 2 rings (SSSR count). The molecule has 1 aromatic carbocycles. The Labute approximate surface area is 94.5 Å². The van der Waals surface area contributed by atoms with E-state index in [4.69, 9.17) is 0 Å². The van der Waals surface area contributed by atoms with Crippen molar-refractivity contribution >= 4 is 0 Å². The van der Waals surface area contributed by atoms with Crippen molar-refractivity contribution in [3.8, 4) is 5.75 Å². The molecule has 0 atom stereocenters. The quantitative estimate of drug-likeness (QED) is 0.849. The number of hydrogen-bond donors (Lipinski definition) is 1. The second-order valence-corrected chi connectivity index (χ2v) is 4.02. The van der Waals surface area contributed by atoms with E-state index in [1.165, 1.54) is 0 Å². The normalized spacial score (nSPS) is 10.6. The van der Waals surface area contributed by atoms with E-state index in [0.29, 0.717) is 5.75 Å². The van der Waals surface area contributed by atoms with Gasteiger partial charge in [-0.05, 0) is 31.4 Å². The van der Waals surface area contributed by atoms with E-state index < -0.39 is 0 Å². The maximum atomic E-state index is 9.68. The molecule has 2 aromatic rings. The molecule has 0 aliphatic carbocycles. The molecular formula is C12H15N3O. The molecule has 4 heteroatoms. The highest BCUT2D eigenvalue weighted by molar-refractivity contribution is 5.36. The van der Waals surface area contributed by atoms with E-state index >= 15 is 0 Å². The predicted molar refractivity (Wildman–Crippen MR) is 61.3 cm³/mol. The monoisotopic (exact) mass is 217 g/mol. The summed E-state index contributed by atoms with van der Waals surface area (Å²) in [5.41, 5.74) is 3.07. The van der Waals surface area contributed by atoms with E-state index in [9.17, 15) is 5.11 Å². The Bertz CT molecular complexity index is 491. The maximum absolute atomic E-state index is 9.68. The van der Waals surface area contributed by atoms with Crippen molar-refractivity contribution in [1.29, 1.82) is 0 Å². The summed E-state index contributed by atoms with van der Waals surface area (Å²) >= 11 is 0. The Hall–Kier alpha value is -1.84. The van der Waals surface area contributed by atoms with E-state index in [1.54, 1.807) is 10.7 Å². The molecule has 1 N–H and O–H groups in total. The van der Waals surface area contributed by atoms with Gasteiger partial charge in [-0.1, -0.05) is 22.9 Å². The van der Waals surface area contributed by atoms with Crippen molar-refractivity contribution in [1.82, 2.24) is 15.0 Å². The molecule has 84 valence electrons. The number of rotatable bonds is 3. The molecule has 0 unspecified atom stereocenters. The first-order valence-corrected chi connectivity index (χ1v) is 5.29. The third-order valence-electron chi connectivity index (χ3n) is 2.54. The summed E-state index contributed by atoms with van der Waals surface area (Å²) in [5, 5.41) is 17.6. The zero-order valence-electron chi connectivity index (χ0n) is 9.51. The second-order valence-electron chi connectivity index (χ2n) is 4.02. The smallest absolute Gasteiger partial charge is 0.118 e. The van der Waals surface area contributed by atoms with Gasteiger partial charge in [0.05, 0.1) is 5.69 Å². The standard InChI is InChI=1S/C12H15N3O/c1-9-3-6-12(16)10(7-9)4-5-11-8-15(2)14-13-11/h3,6-8,16H,4-5H2,1-2H3. The SMILES string of the molecule is Cc1ccc(O)c(CCc2cn(C)nn2)c1. The summed E-state index contributed by atoms with van der Waals surface area (Å²) in [6.45, 7) is 2.02. The second kappa shape index (κ2) is 4.35. The minimum absolute atomic E-state index is 0.356. The molecule has 0 radical (unpaired) electrons. The Kier molecular flexibility index (Phi) is 2.90. The van der Waals surface area contributed by atoms with Gasteiger partial charge in [0.1, 0.15) is 5.75 Å². The van der Waals surface area contributed by atoms with Gasteiger partial charge < -0.3 is 5.11 Å². The van der Waals surface area contributed by atoms with Crippen LogP contribution >= 0.6 is 0 Å². The Morgan fingerprint density at radius 1 is 1.31 bits per heavy atom. The average molecular weight is 217 g/mol. The van der Waals surface area contributed by atoms with E-state index in [2.05, 4.69) is 10.3 Å². The summed E-state index contributed by atoms with van der Waals surface area (Å²) in [5.74, 6) is 0.356. The van der Waals surface area contributed by atoms with Crippen LogP contribution in [0, 0.1) is 6.92 Å². The predicted octanol–water partition coefficient (Wildman–Crippen LogP) is 1.61. The molecule has 16 heavy (non-hydrogen) atoms. The van der Waals surface area contributed by atoms with Gasteiger partial charge in [-0.2, -0.15) is 0 Å². The summed E-state index contributed by atoms with van der Waals surface area (Å²) in [4.78, 5) is 0. The highest BCUT2D eigenvalue weighted by atomic mass is 16.3. The maximum Gasteiger partial charge on any atom is 0.118 e. The fourth-order valence-corrected chi connectivity index (χ4v) is 1.69. The molecular weight excluding hydrogens is 202 g/mol. The number of aromatic hydroxyl groups is 1. The number of phenolic OH excluding ortho intramolecular Hbond substituents is 1. The van der Waals surface area contributed by atoms with Crippen LogP contribution in [0.4, 0.5) is 0 Å². The lowest BCUT2D eigenvalue weighted by molar-refractivity contribution is 0.467. The molecule has 0 aliphatic heterocycles. The third kappa shape index (κ3) is 2.39. The molecule has 0 spiro atoms. The van der Waals surface area contributed by atoms with Gasteiger partial charge in [-0.15, -0.1) is 5.10 Å². The van der Waals surface area contributed by atoms with E-state index in [0.717, 1.165) is 29.7 Å².